The van der Waals surface area contributed by atoms with E-state index < -0.39 is 6.72 Å². The maximum Gasteiger partial charge on any atom is 0.115 e. The molecule has 0 aromatic carbocycles. The van der Waals surface area contributed by atoms with Gasteiger partial charge in [0.05, 0.1) is 19.8 Å². The maximum absolute atomic E-state index is 10.8. The molecule has 0 aliphatic heterocycles. The summed E-state index contributed by atoms with van der Waals surface area (Å²) >= 11 is 4.45. The van der Waals surface area contributed by atoms with E-state index in [2.05, 4.69) is 33.5 Å². The zero-order valence-electron chi connectivity index (χ0n) is 19.2. The van der Waals surface area contributed by atoms with Crippen LogP contribution in [0.25, 0.3) is 0 Å². The van der Waals surface area contributed by atoms with Gasteiger partial charge in [0.2, 0.25) is 0 Å². The average Bonchev–Trinajstić information content (AvgIpc) is 2.65. The Morgan fingerprint density at radius 1 is 0.607 bits per heavy atom. The van der Waals surface area contributed by atoms with E-state index in [9.17, 15) is 4.89 Å². The summed E-state index contributed by atoms with van der Waals surface area (Å²) in [4.78, 5) is 10.8. The summed E-state index contributed by atoms with van der Waals surface area (Å²) in [6, 6.07) is 0. The Hall–Kier alpha value is 0.490. The van der Waals surface area contributed by atoms with Crippen molar-refractivity contribution in [3.05, 3.63) is 0 Å². The van der Waals surface area contributed by atoms with Crippen molar-refractivity contribution in [1.29, 1.82) is 0 Å². The largest absolute Gasteiger partial charge is 0.780 e. The number of hydrogen-bond donors (Lipinski definition) is 1. The zero-order chi connectivity index (χ0) is 21.3. The first-order chi connectivity index (χ1) is 13.5. The number of rotatable bonds is 20. The van der Waals surface area contributed by atoms with Gasteiger partial charge >= 0.3 is 0 Å². The Morgan fingerprint density at radius 3 is 1.14 bits per heavy atom. The summed E-state index contributed by atoms with van der Waals surface area (Å²) in [5.74, 6) is 0. The quantitative estimate of drug-likeness (QED) is 0.183. The second-order valence-electron chi connectivity index (χ2n) is 7.44. The second-order valence-corrected chi connectivity index (χ2v) is 10.2. The Labute approximate surface area is 181 Å². The van der Waals surface area contributed by atoms with E-state index in [0.717, 1.165) is 6.54 Å². The summed E-state index contributed by atoms with van der Waals surface area (Å²) in [6.07, 6.45) is 23.2. The molecule has 0 bridgehead atoms. The van der Waals surface area contributed by atoms with Crippen molar-refractivity contribution in [2.75, 3.05) is 19.8 Å². The van der Waals surface area contributed by atoms with Gasteiger partial charge in [0.15, 0.2) is 0 Å². The molecule has 28 heavy (non-hydrogen) atoms. The summed E-state index contributed by atoms with van der Waals surface area (Å²) in [7, 11) is 0. The van der Waals surface area contributed by atoms with Crippen molar-refractivity contribution >= 4 is 18.5 Å². The highest BCUT2D eigenvalue weighted by molar-refractivity contribution is 8.06. The molecule has 0 rings (SSSR count). The van der Waals surface area contributed by atoms with E-state index in [1.165, 1.54) is 103 Å². The van der Waals surface area contributed by atoms with E-state index in [4.69, 9.17) is 0 Å². The summed E-state index contributed by atoms with van der Waals surface area (Å²) in [5.41, 5.74) is 3.89. The predicted molar refractivity (Wildman–Crippen MR) is 125 cm³/mol. The lowest BCUT2D eigenvalue weighted by Gasteiger charge is -2.25. The minimum Gasteiger partial charge on any atom is -0.780 e. The van der Waals surface area contributed by atoms with Gasteiger partial charge in [0.25, 0.3) is 0 Å². The van der Waals surface area contributed by atoms with Gasteiger partial charge in [-0.3, -0.25) is 0 Å². The molecule has 0 fully saturated rings. The van der Waals surface area contributed by atoms with Gasteiger partial charge in [0.1, 0.15) is 6.72 Å². The first kappa shape index (κ1) is 30.7. The van der Waals surface area contributed by atoms with Crippen molar-refractivity contribution in [1.82, 2.24) is 0 Å². The van der Waals surface area contributed by atoms with Crippen LogP contribution in [-0.2, 0) is 20.9 Å². The molecule has 0 aromatic heterocycles. The molecule has 0 unspecified atom stereocenters. The molecule has 0 atom stereocenters. The fourth-order valence-corrected chi connectivity index (χ4v) is 4.42. The second kappa shape index (κ2) is 25.5. The number of quaternary nitrogens is 1. The predicted octanol–water partition coefficient (Wildman–Crippen LogP) is 6.13. The van der Waals surface area contributed by atoms with Gasteiger partial charge in [-0.15, -0.1) is 0 Å². The van der Waals surface area contributed by atoms with E-state index in [1.807, 2.05) is 0 Å². The molecule has 0 amide bonds. The standard InChI is InChI=1S/C18H39N.C4H11O3PS/c1-2-3-4-5-6-7-8-9-10-11-12-13-14-15-16-17-18-19;1-3-6-8(5,9)7-4-2/h2-19H2,1H3;3-4H2,1-2H3,(H,5,9). The minimum absolute atomic E-state index is 0.334. The molecule has 0 aliphatic carbocycles. The number of unbranched alkanes of at least 4 members (excludes halogenated alkanes) is 15. The molecule has 0 heterocycles. The molecule has 6 heteroatoms. The van der Waals surface area contributed by atoms with Gasteiger partial charge in [0, 0.05) is 0 Å². The van der Waals surface area contributed by atoms with E-state index in [1.54, 1.807) is 13.8 Å². The van der Waals surface area contributed by atoms with Gasteiger partial charge in [-0.25, -0.2) is 0 Å². The topological polar surface area (TPSA) is 69.2 Å². The van der Waals surface area contributed by atoms with Crippen LogP contribution in [0.4, 0.5) is 0 Å². The monoisotopic (exact) mass is 439 g/mol. The highest BCUT2D eigenvalue weighted by Gasteiger charge is 1.98. The molecule has 0 saturated carbocycles. The third-order valence-electron chi connectivity index (χ3n) is 4.68. The van der Waals surface area contributed by atoms with Gasteiger partial charge in [-0.2, -0.15) is 0 Å². The summed E-state index contributed by atoms with van der Waals surface area (Å²) < 4.78 is 9.24. The molecule has 3 N–H and O–H groups in total. The molecule has 0 radical (unpaired) electrons. The van der Waals surface area contributed by atoms with E-state index in [-0.39, 0.29) is 0 Å². The third kappa shape index (κ3) is 28.7. The van der Waals surface area contributed by atoms with Crippen LogP contribution in [0, 0.1) is 0 Å². The van der Waals surface area contributed by atoms with Crippen LogP contribution in [0.3, 0.4) is 0 Å². The number of hydrogen-bond acceptors (Lipinski definition) is 4. The van der Waals surface area contributed by atoms with E-state index in [0.29, 0.717) is 13.2 Å². The Morgan fingerprint density at radius 2 is 0.893 bits per heavy atom. The molecule has 0 aromatic rings. The smallest absolute Gasteiger partial charge is 0.115 e. The Balaban J connectivity index is 0. The van der Waals surface area contributed by atoms with Gasteiger partial charge < -0.3 is 19.7 Å². The lowest BCUT2D eigenvalue weighted by Crippen LogP contribution is -2.50. The van der Waals surface area contributed by atoms with Crippen molar-refractivity contribution in [2.24, 2.45) is 0 Å². The highest BCUT2D eigenvalue weighted by Crippen LogP contribution is 2.37. The maximum atomic E-state index is 10.8. The van der Waals surface area contributed by atoms with E-state index >= 15 is 0 Å². The molecular weight excluding hydrogens is 389 g/mol. The van der Waals surface area contributed by atoms with Crippen LogP contribution >= 0.6 is 6.72 Å². The highest BCUT2D eigenvalue weighted by atomic mass is 32.5. The van der Waals surface area contributed by atoms with Crippen LogP contribution in [0.2, 0.25) is 0 Å². The van der Waals surface area contributed by atoms with Crippen LogP contribution in [0.1, 0.15) is 124 Å². The zero-order valence-corrected chi connectivity index (χ0v) is 20.9. The first-order valence-electron chi connectivity index (χ1n) is 11.9. The van der Waals surface area contributed by atoms with Crippen LogP contribution < -0.4 is 10.6 Å². The van der Waals surface area contributed by atoms with Crippen molar-refractivity contribution in [2.45, 2.75) is 124 Å². The van der Waals surface area contributed by atoms with Crippen LogP contribution in [-0.4, -0.2) is 19.8 Å². The molecule has 4 nitrogen and oxygen atoms in total. The fraction of sp³-hybridized carbons (Fsp3) is 1.00. The van der Waals surface area contributed by atoms with Crippen LogP contribution in [0.15, 0.2) is 0 Å². The lowest BCUT2D eigenvalue weighted by atomic mass is 10.0. The lowest BCUT2D eigenvalue weighted by molar-refractivity contribution is -0.368. The average molecular weight is 440 g/mol. The third-order valence-corrected chi connectivity index (χ3v) is 6.46. The van der Waals surface area contributed by atoms with Crippen molar-refractivity contribution < 1.29 is 19.7 Å². The summed E-state index contributed by atoms with van der Waals surface area (Å²) in [5, 5.41) is 0. The first-order valence-corrected chi connectivity index (χ1v) is 14.5. The molecule has 0 spiro atoms. The van der Waals surface area contributed by atoms with Crippen molar-refractivity contribution in [3.8, 4) is 0 Å². The Kier molecular flexibility index (Phi) is 28.0. The Bertz CT molecular complexity index is 307. The van der Waals surface area contributed by atoms with Gasteiger partial charge in [-0.1, -0.05) is 109 Å². The molecular formula is C22H50NO3PS. The van der Waals surface area contributed by atoms with Gasteiger partial charge in [-0.05, 0) is 26.7 Å². The molecule has 0 saturated heterocycles. The molecule has 172 valence electrons. The minimum atomic E-state index is -3.11. The normalized spacial score (nSPS) is 11.3. The SMILES string of the molecule is CCCCCCCCCCCCCCCCCC[NH3+].CCOP([O-])(=S)OCC. The molecule has 0 aliphatic rings. The van der Waals surface area contributed by atoms with Crippen molar-refractivity contribution in [3.63, 3.8) is 0 Å². The summed E-state index contributed by atoms with van der Waals surface area (Å²) in [6.45, 7) is 4.42. The fourth-order valence-electron chi connectivity index (χ4n) is 3.08. The van der Waals surface area contributed by atoms with Crippen LogP contribution in [0.5, 0.6) is 0 Å².